The number of ether oxygens (including phenoxy) is 1. The number of anilines is 1. The van der Waals surface area contributed by atoms with Crippen LogP contribution in [0.25, 0.3) is 0 Å². The summed E-state index contributed by atoms with van der Waals surface area (Å²) in [6, 6.07) is 28.9. The Morgan fingerprint density at radius 1 is 0.975 bits per heavy atom. The summed E-state index contributed by atoms with van der Waals surface area (Å²) in [4.78, 5) is 10.3. The highest BCUT2D eigenvalue weighted by Gasteiger charge is 2.38. The fourth-order valence-corrected chi connectivity index (χ4v) is 6.12. The molecule has 10 heteroatoms. The van der Waals surface area contributed by atoms with Gasteiger partial charge in [0.1, 0.15) is 10.6 Å². The Kier molecular flexibility index (Phi) is 8.05. The normalized spacial score (nSPS) is 16.2. The summed E-state index contributed by atoms with van der Waals surface area (Å²) in [5, 5.41) is 12.7. The summed E-state index contributed by atoms with van der Waals surface area (Å²) in [5.74, 6) is 1.29. The van der Waals surface area contributed by atoms with E-state index < -0.39 is 16.1 Å². The van der Waals surface area contributed by atoms with Crippen molar-refractivity contribution in [3.8, 4) is 17.8 Å². The second-order valence-corrected chi connectivity index (χ2v) is 11.1. The molecular weight excluding hydrogens is 524 g/mol. The second-order valence-electron chi connectivity index (χ2n) is 9.21. The summed E-state index contributed by atoms with van der Waals surface area (Å²) >= 11 is 0. The van der Waals surface area contributed by atoms with Crippen LogP contribution in [-0.4, -0.2) is 48.2 Å². The number of aliphatic imine (C=N–C) groups is 1. The van der Waals surface area contributed by atoms with Gasteiger partial charge in [0, 0.05) is 31.4 Å². The van der Waals surface area contributed by atoms with Crippen molar-refractivity contribution in [3.05, 3.63) is 114 Å². The van der Waals surface area contributed by atoms with Crippen molar-refractivity contribution in [1.82, 2.24) is 14.2 Å². The lowest BCUT2D eigenvalue weighted by molar-refractivity contribution is 0.194. The van der Waals surface area contributed by atoms with Crippen molar-refractivity contribution >= 4 is 21.7 Å². The van der Waals surface area contributed by atoms with Crippen LogP contribution in [0.2, 0.25) is 0 Å². The van der Waals surface area contributed by atoms with Crippen LogP contribution in [0.15, 0.2) is 113 Å². The monoisotopic (exact) mass is 552 g/mol. The molecule has 1 aromatic heterocycles. The molecule has 4 aromatic rings. The Labute approximate surface area is 234 Å². The van der Waals surface area contributed by atoms with Gasteiger partial charge in [-0.3, -0.25) is 0 Å². The van der Waals surface area contributed by atoms with Crippen LogP contribution in [0.5, 0.6) is 11.6 Å². The number of rotatable bonds is 6. The van der Waals surface area contributed by atoms with Crippen LogP contribution in [0.4, 0.5) is 5.69 Å². The lowest BCUT2D eigenvalue weighted by Crippen LogP contribution is -2.53. The van der Waals surface area contributed by atoms with Crippen LogP contribution in [0.1, 0.15) is 17.2 Å². The predicted molar refractivity (Wildman–Crippen MR) is 153 cm³/mol. The van der Waals surface area contributed by atoms with Crippen LogP contribution in [-0.2, 0) is 10.0 Å². The van der Waals surface area contributed by atoms with Crippen LogP contribution >= 0.6 is 0 Å². The maximum absolute atomic E-state index is 13.9. The minimum absolute atomic E-state index is 0.0752. The van der Waals surface area contributed by atoms with E-state index in [0.29, 0.717) is 30.7 Å². The third kappa shape index (κ3) is 5.96. The first-order valence-corrected chi connectivity index (χ1v) is 14.2. The molecule has 0 bridgehead atoms. The summed E-state index contributed by atoms with van der Waals surface area (Å²) in [7, 11) is -3.91. The quantitative estimate of drug-likeness (QED) is 0.199. The number of aromatic nitrogens is 1. The molecule has 0 amide bonds. The highest BCUT2D eigenvalue weighted by molar-refractivity contribution is 7.89. The standard InChI is InChI=1S/C30H28N6O3S/c1-23-10-8-9-15-27(23)34-30(33-22-31)35-18-19-36(28(21-35)24-11-4-2-5-12-24)40(37,38)26-16-17-29(32-20-26)39-25-13-6-3-7-14-25/h2-17,20,28H,18-19,21H2,1H3,(H,33,34). The van der Waals surface area contributed by atoms with Gasteiger partial charge in [-0.1, -0.05) is 66.7 Å². The molecule has 0 aliphatic carbocycles. The summed E-state index contributed by atoms with van der Waals surface area (Å²) in [5.41, 5.74) is 2.66. The van der Waals surface area contributed by atoms with Crippen LogP contribution < -0.4 is 10.1 Å². The Morgan fingerprint density at radius 2 is 1.68 bits per heavy atom. The molecule has 40 heavy (non-hydrogen) atoms. The zero-order valence-electron chi connectivity index (χ0n) is 21.9. The number of nitriles is 1. The molecule has 9 nitrogen and oxygen atoms in total. The fraction of sp³-hybridized carbons (Fsp3) is 0.167. The lowest BCUT2D eigenvalue weighted by atomic mass is 10.0. The van der Waals surface area contributed by atoms with Gasteiger partial charge in [-0.15, -0.1) is 4.99 Å². The zero-order chi connectivity index (χ0) is 28.0. The van der Waals surface area contributed by atoms with E-state index in [0.717, 1.165) is 16.8 Å². The van der Waals surface area contributed by atoms with Crippen molar-refractivity contribution in [3.63, 3.8) is 0 Å². The molecule has 1 aliphatic rings. The number of guanidine groups is 1. The first kappa shape index (κ1) is 26.9. The van der Waals surface area contributed by atoms with E-state index in [1.807, 2.05) is 90.8 Å². The van der Waals surface area contributed by atoms with E-state index in [9.17, 15) is 13.7 Å². The number of benzene rings is 3. The minimum Gasteiger partial charge on any atom is -0.439 e. The molecule has 1 fully saturated rings. The van der Waals surface area contributed by atoms with E-state index in [1.165, 1.54) is 16.6 Å². The number of nitrogens with zero attached hydrogens (tertiary/aromatic N) is 5. The molecule has 0 spiro atoms. The molecule has 0 radical (unpaired) electrons. The largest absolute Gasteiger partial charge is 0.439 e. The van der Waals surface area contributed by atoms with E-state index in [1.54, 1.807) is 18.2 Å². The number of hydrogen-bond acceptors (Lipinski definition) is 6. The fourth-order valence-electron chi connectivity index (χ4n) is 4.58. The molecule has 5 rings (SSSR count). The molecule has 1 saturated heterocycles. The van der Waals surface area contributed by atoms with Crippen LogP contribution in [0.3, 0.4) is 0 Å². The summed E-state index contributed by atoms with van der Waals surface area (Å²) < 4.78 is 35.0. The molecular formula is C30H28N6O3S. The van der Waals surface area contributed by atoms with Gasteiger partial charge >= 0.3 is 0 Å². The lowest BCUT2D eigenvalue weighted by Gasteiger charge is -2.41. The van der Waals surface area contributed by atoms with E-state index in [-0.39, 0.29) is 11.4 Å². The van der Waals surface area contributed by atoms with E-state index >= 15 is 0 Å². The van der Waals surface area contributed by atoms with Crippen molar-refractivity contribution < 1.29 is 13.2 Å². The first-order valence-electron chi connectivity index (χ1n) is 12.8. The van der Waals surface area contributed by atoms with Crippen molar-refractivity contribution in [2.75, 3.05) is 25.0 Å². The Hall–Kier alpha value is -4.72. The smallest absolute Gasteiger partial charge is 0.245 e. The third-order valence-electron chi connectivity index (χ3n) is 6.64. The Balaban J connectivity index is 1.41. The van der Waals surface area contributed by atoms with Gasteiger partial charge < -0.3 is 15.0 Å². The average Bonchev–Trinajstić information content (AvgIpc) is 2.99. The second kappa shape index (κ2) is 12.0. The highest BCUT2D eigenvalue weighted by atomic mass is 32.2. The van der Waals surface area contributed by atoms with Gasteiger partial charge in [0.2, 0.25) is 28.1 Å². The highest BCUT2D eigenvalue weighted by Crippen LogP contribution is 2.32. The number of hydrogen-bond donors (Lipinski definition) is 1. The minimum atomic E-state index is -3.91. The third-order valence-corrected chi connectivity index (χ3v) is 8.54. The molecule has 1 aliphatic heterocycles. The molecule has 2 heterocycles. The average molecular weight is 553 g/mol. The molecule has 1 atom stereocenters. The number of sulfonamides is 1. The maximum Gasteiger partial charge on any atom is 0.245 e. The van der Waals surface area contributed by atoms with Crippen molar-refractivity contribution in [2.24, 2.45) is 4.99 Å². The number of pyridine rings is 1. The Morgan fingerprint density at radius 3 is 2.35 bits per heavy atom. The number of para-hydroxylation sites is 2. The van der Waals surface area contributed by atoms with Gasteiger partial charge in [-0.2, -0.15) is 9.57 Å². The van der Waals surface area contributed by atoms with E-state index in [4.69, 9.17) is 4.74 Å². The molecule has 3 aromatic carbocycles. The SMILES string of the molecule is Cc1ccccc1N/C(=N\C#N)N1CCN(S(=O)(=O)c2ccc(Oc3ccccc3)nc2)C(c2ccccc2)C1. The van der Waals surface area contributed by atoms with Gasteiger partial charge in [0.15, 0.2) is 0 Å². The maximum atomic E-state index is 13.9. The first-order chi connectivity index (χ1) is 19.5. The molecule has 202 valence electrons. The molecule has 1 N–H and O–H groups in total. The number of aryl methyl sites for hydroxylation is 1. The predicted octanol–water partition coefficient (Wildman–Crippen LogP) is 5.18. The topological polar surface area (TPSA) is 111 Å². The molecule has 0 saturated carbocycles. The number of nitrogens with one attached hydrogen (secondary N) is 1. The molecule has 1 unspecified atom stereocenters. The van der Waals surface area contributed by atoms with E-state index in [2.05, 4.69) is 15.3 Å². The van der Waals surface area contributed by atoms with Crippen molar-refractivity contribution in [1.29, 1.82) is 5.26 Å². The van der Waals surface area contributed by atoms with Gasteiger partial charge in [-0.25, -0.2) is 13.4 Å². The van der Waals surface area contributed by atoms with Crippen molar-refractivity contribution in [2.45, 2.75) is 17.9 Å². The number of piperazine rings is 1. The summed E-state index contributed by atoms with van der Waals surface area (Å²) in [6.07, 6.45) is 3.20. The summed E-state index contributed by atoms with van der Waals surface area (Å²) in [6.45, 7) is 2.79. The Bertz CT molecular complexity index is 1620. The van der Waals surface area contributed by atoms with Gasteiger partial charge in [-0.05, 0) is 42.3 Å². The van der Waals surface area contributed by atoms with Crippen LogP contribution in [0, 0.1) is 18.4 Å². The van der Waals surface area contributed by atoms with Gasteiger partial charge in [0.25, 0.3) is 0 Å². The zero-order valence-corrected chi connectivity index (χ0v) is 22.7. The van der Waals surface area contributed by atoms with Gasteiger partial charge in [0.05, 0.1) is 12.2 Å².